The second-order valence-corrected chi connectivity index (χ2v) is 29.5. The van der Waals surface area contributed by atoms with Gasteiger partial charge >= 0.3 is 19.8 Å². The summed E-state index contributed by atoms with van der Waals surface area (Å²) in [5, 5.41) is 0. The van der Waals surface area contributed by atoms with Crippen LogP contribution in [0.15, 0.2) is 12.2 Å². The lowest BCUT2D eigenvalue weighted by molar-refractivity contribution is -0.161. The fourth-order valence-electron chi connectivity index (χ4n) is 12.9. The SMILES string of the molecule is CCCCCCCCCC/C=C\CCCCCCCCCCCCCCCCCCCC(=O)OC(COC(=O)CCCCCCCCCCCCCCCCCCCCCCCCCCCCCCCCCCCCCCCCCC)COP(=O)(O)OCCN. The zero-order valence-electron chi connectivity index (χ0n) is 60.7. The molecule has 0 amide bonds. The highest BCUT2D eigenvalue weighted by molar-refractivity contribution is 7.47. The molecule has 10 heteroatoms. The summed E-state index contributed by atoms with van der Waals surface area (Å²) in [5.74, 6) is -0.797. The van der Waals surface area contributed by atoms with Crippen molar-refractivity contribution >= 4 is 19.8 Å². The normalized spacial score (nSPS) is 12.8. The molecule has 0 bridgehead atoms. The Balaban J connectivity index is 3.71. The van der Waals surface area contributed by atoms with Crippen LogP contribution in [0.5, 0.6) is 0 Å². The molecule has 0 aromatic carbocycles. The maximum absolute atomic E-state index is 12.8. The van der Waals surface area contributed by atoms with Crippen molar-refractivity contribution in [2.75, 3.05) is 26.4 Å². The Bertz CT molecular complexity index is 1480. The topological polar surface area (TPSA) is 134 Å². The predicted molar refractivity (Wildman–Crippen MR) is 391 cm³/mol. The van der Waals surface area contributed by atoms with Crippen LogP contribution >= 0.6 is 7.82 Å². The van der Waals surface area contributed by atoms with Crippen LogP contribution in [0.4, 0.5) is 0 Å². The summed E-state index contributed by atoms with van der Waals surface area (Å²) < 4.78 is 33.3. The molecule has 0 aliphatic rings. The Morgan fingerprint density at radius 2 is 0.544 bits per heavy atom. The largest absolute Gasteiger partial charge is 0.472 e. The number of carbonyl (C=O) groups is 2. The number of nitrogens with two attached hydrogens (primary N) is 1. The van der Waals surface area contributed by atoms with Gasteiger partial charge in [0.2, 0.25) is 0 Å². The summed E-state index contributed by atoms with van der Waals surface area (Å²) in [7, 11) is -4.39. The summed E-state index contributed by atoms with van der Waals surface area (Å²) >= 11 is 0. The molecule has 90 heavy (non-hydrogen) atoms. The van der Waals surface area contributed by atoms with Crippen molar-refractivity contribution in [3.8, 4) is 0 Å². The predicted octanol–water partition coefficient (Wildman–Crippen LogP) is 27.0. The third-order valence-corrected chi connectivity index (χ3v) is 19.9. The smallest absolute Gasteiger partial charge is 0.462 e. The van der Waals surface area contributed by atoms with E-state index in [1.165, 1.54) is 392 Å². The maximum Gasteiger partial charge on any atom is 0.472 e. The van der Waals surface area contributed by atoms with Crippen LogP contribution in [0.25, 0.3) is 0 Å². The number of esters is 2. The first-order valence-electron chi connectivity index (χ1n) is 40.7. The van der Waals surface area contributed by atoms with E-state index in [9.17, 15) is 19.0 Å². The molecular formula is C80H158NO8P. The van der Waals surface area contributed by atoms with E-state index >= 15 is 0 Å². The molecule has 9 nitrogen and oxygen atoms in total. The van der Waals surface area contributed by atoms with Gasteiger partial charge in [0.15, 0.2) is 6.10 Å². The second-order valence-electron chi connectivity index (χ2n) is 28.0. The number of ether oxygens (including phenoxy) is 2. The minimum Gasteiger partial charge on any atom is -0.462 e. The van der Waals surface area contributed by atoms with Crippen LogP contribution in [0, 0.1) is 0 Å². The fraction of sp³-hybridized carbons (Fsp3) is 0.950. The minimum absolute atomic E-state index is 0.0578. The molecule has 2 atom stereocenters. The molecule has 0 spiro atoms. The molecule has 0 aliphatic heterocycles. The van der Waals surface area contributed by atoms with Crippen LogP contribution in [-0.4, -0.2) is 49.3 Å². The molecule has 0 aromatic heterocycles. The Kier molecular flexibility index (Phi) is 75.7. The number of rotatable bonds is 79. The second kappa shape index (κ2) is 76.8. The lowest BCUT2D eigenvalue weighted by Gasteiger charge is -2.19. The van der Waals surface area contributed by atoms with Crippen molar-refractivity contribution in [1.82, 2.24) is 0 Å². The van der Waals surface area contributed by atoms with Gasteiger partial charge in [0.1, 0.15) is 6.61 Å². The van der Waals surface area contributed by atoms with Crippen LogP contribution in [0.3, 0.4) is 0 Å². The van der Waals surface area contributed by atoms with E-state index < -0.39 is 26.5 Å². The van der Waals surface area contributed by atoms with Crippen LogP contribution in [0.1, 0.15) is 457 Å². The summed E-state index contributed by atoms with van der Waals surface area (Å²) in [6.07, 6.45) is 95.2. The molecule has 0 aliphatic carbocycles. The van der Waals surface area contributed by atoms with Gasteiger partial charge in [-0.1, -0.05) is 418 Å². The van der Waals surface area contributed by atoms with Crippen molar-refractivity contribution in [3.63, 3.8) is 0 Å². The third kappa shape index (κ3) is 75.8. The van der Waals surface area contributed by atoms with Crippen LogP contribution in [-0.2, 0) is 32.7 Å². The molecule has 0 fully saturated rings. The highest BCUT2D eigenvalue weighted by Crippen LogP contribution is 2.43. The van der Waals surface area contributed by atoms with Gasteiger partial charge in [-0.05, 0) is 38.5 Å². The lowest BCUT2D eigenvalue weighted by atomic mass is 10.0. The summed E-state index contributed by atoms with van der Waals surface area (Å²) in [5.41, 5.74) is 5.42. The first-order valence-corrected chi connectivity index (χ1v) is 42.2. The number of hydrogen-bond donors (Lipinski definition) is 2. The van der Waals surface area contributed by atoms with Gasteiger partial charge < -0.3 is 20.1 Å². The number of phosphoric acid groups is 1. The molecule has 0 rings (SSSR count). The molecule has 0 aromatic rings. The van der Waals surface area contributed by atoms with Gasteiger partial charge in [-0.2, -0.15) is 0 Å². The Morgan fingerprint density at radius 3 is 0.789 bits per heavy atom. The molecule has 0 heterocycles. The van der Waals surface area contributed by atoms with E-state index in [2.05, 4.69) is 26.0 Å². The number of hydrogen-bond acceptors (Lipinski definition) is 8. The van der Waals surface area contributed by atoms with E-state index in [1.807, 2.05) is 0 Å². The van der Waals surface area contributed by atoms with Crippen LogP contribution in [0.2, 0.25) is 0 Å². The average molecular weight is 1290 g/mol. The van der Waals surface area contributed by atoms with E-state index in [-0.39, 0.29) is 38.6 Å². The van der Waals surface area contributed by atoms with Crippen molar-refractivity contribution in [2.45, 2.75) is 463 Å². The third-order valence-electron chi connectivity index (χ3n) is 18.9. The molecule has 0 saturated heterocycles. The molecule has 536 valence electrons. The standard InChI is InChI=1S/C80H158NO8P/c1-3-5-7-9-11-13-15-17-19-21-23-25-27-29-31-33-34-35-36-37-38-39-40-41-42-43-45-46-48-50-52-54-56-58-60-62-64-66-68-70-72-79(82)86-76-78(77-88-90(84,85)87-75-74-81)89-80(83)73-71-69-67-65-63-61-59-57-55-53-51-49-47-44-32-30-28-26-24-22-20-18-16-14-12-10-8-6-4-2/h22,24,78H,3-21,23,25-77,81H2,1-2H3,(H,84,85)/b24-22-. The zero-order chi connectivity index (χ0) is 65.1. The van der Waals surface area contributed by atoms with Crippen molar-refractivity contribution in [3.05, 3.63) is 12.2 Å². The molecule has 3 N–H and O–H groups in total. The molecule has 0 saturated carbocycles. The zero-order valence-corrected chi connectivity index (χ0v) is 61.6. The minimum atomic E-state index is -4.39. The molecular weight excluding hydrogens is 1130 g/mol. The average Bonchev–Trinajstić information content (AvgIpc) is 3.75. The van der Waals surface area contributed by atoms with E-state index in [0.29, 0.717) is 6.42 Å². The van der Waals surface area contributed by atoms with Gasteiger partial charge in [-0.15, -0.1) is 0 Å². The Hall–Kier alpha value is -1.25. The van der Waals surface area contributed by atoms with Gasteiger partial charge in [-0.25, -0.2) is 4.57 Å². The number of phosphoric ester groups is 1. The van der Waals surface area contributed by atoms with Gasteiger partial charge in [-0.3, -0.25) is 18.6 Å². The fourth-order valence-corrected chi connectivity index (χ4v) is 13.6. The molecule has 0 radical (unpaired) electrons. The van der Waals surface area contributed by atoms with Crippen molar-refractivity contribution in [1.29, 1.82) is 0 Å². The van der Waals surface area contributed by atoms with Gasteiger partial charge in [0.25, 0.3) is 0 Å². The van der Waals surface area contributed by atoms with Gasteiger partial charge in [0, 0.05) is 19.4 Å². The van der Waals surface area contributed by atoms with E-state index in [0.717, 1.165) is 32.1 Å². The molecule has 2 unspecified atom stereocenters. The number of allylic oxidation sites excluding steroid dienone is 2. The van der Waals surface area contributed by atoms with Gasteiger partial charge in [0.05, 0.1) is 13.2 Å². The van der Waals surface area contributed by atoms with Crippen LogP contribution < -0.4 is 5.73 Å². The maximum atomic E-state index is 12.8. The van der Waals surface area contributed by atoms with E-state index in [4.69, 9.17) is 24.3 Å². The summed E-state index contributed by atoms with van der Waals surface area (Å²) in [6.45, 7) is 3.85. The monoisotopic (exact) mass is 1290 g/mol. The van der Waals surface area contributed by atoms with E-state index in [1.54, 1.807) is 0 Å². The summed E-state index contributed by atoms with van der Waals surface area (Å²) in [4.78, 5) is 35.4. The van der Waals surface area contributed by atoms with Crippen molar-refractivity contribution < 1.29 is 37.6 Å². The highest BCUT2D eigenvalue weighted by atomic mass is 31.2. The first-order chi connectivity index (χ1) is 44.3. The quantitative estimate of drug-likeness (QED) is 0.0264. The Labute approximate surface area is 561 Å². The number of unbranched alkanes of at least 4 members (excludes halogenated alkanes) is 64. The Morgan fingerprint density at radius 1 is 0.322 bits per heavy atom. The first kappa shape index (κ1) is 88.8. The lowest BCUT2D eigenvalue weighted by Crippen LogP contribution is -2.29. The van der Waals surface area contributed by atoms with Crippen molar-refractivity contribution in [2.24, 2.45) is 5.73 Å². The highest BCUT2D eigenvalue weighted by Gasteiger charge is 2.26. The number of carbonyl (C=O) groups excluding carboxylic acids is 2. The summed E-state index contributed by atoms with van der Waals surface area (Å²) in [6, 6.07) is 0.